The van der Waals surface area contributed by atoms with Crippen LogP contribution in [0.1, 0.15) is 69.2 Å². The van der Waals surface area contributed by atoms with Gasteiger partial charge in [0.25, 0.3) is 0 Å². The van der Waals surface area contributed by atoms with Crippen LogP contribution in [-0.4, -0.2) is 41.0 Å². The molecular formula is C25H33N3O2S. The minimum absolute atomic E-state index is 0.357. The fraction of sp³-hybridized carbons (Fsp3) is 0.480. The topological polar surface area (TPSA) is 66.1 Å². The average Bonchev–Trinajstić information content (AvgIpc) is 3.13. The van der Waals surface area contributed by atoms with Gasteiger partial charge in [0.1, 0.15) is 0 Å². The number of nitrogens with zero attached hydrogens (tertiary/aromatic N) is 2. The van der Waals surface area contributed by atoms with E-state index in [0.717, 1.165) is 24.1 Å². The van der Waals surface area contributed by atoms with E-state index in [-0.39, 0.29) is 5.25 Å². The van der Waals surface area contributed by atoms with Gasteiger partial charge >= 0.3 is 0 Å². The van der Waals surface area contributed by atoms with E-state index >= 15 is 0 Å². The van der Waals surface area contributed by atoms with Crippen molar-refractivity contribution < 1.29 is 8.42 Å². The molecule has 1 fully saturated rings. The highest BCUT2D eigenvalue weighted by molar-refractivity contribution is 7.89. The molecule has 1 saturated heterocycles. The number of aromatic nitrogens is 2. The van der Waals surface area contributed by atoms with E-state index in [0.29, 0.717) is 24.9 Å². The molecule has 0 amide bonds. The van der Waals surface area contributed by atoms with E-state index in [4.69, 9.17) is 0 Å². The van der Waals surface area contributed by atoms with Crippen molar-refractivity contribution in [3.05, 3.63) is 53.3 Å². The summed E-state index contributed by atoms with van der Waals surface area (Å²) in [7, 11) is -3.17. The van der Waals surface area contributed by atoms with Crippen LogP contribution in [0.4, 0.5) is 0 Å². The van der Waals surface area contributed by atoms with Gasteiger partial charge in [-0.2, -0.15) is 0 Å². The highest BCUT2D eigenvalue weighted by Gasteiger charge is 2.31. The Labute approximate surface area is 185 Å². The number of nitrogens with one attached hydrogen (secondary N) is 1. The van der Waals surface area contributed by atoms with Gasteiger partial charge in [-0.3, -0.25) is 4.98 Å². The standard InChI is InChI=1S/C25H33N3O2S/c1-16(2)24-22-15-20(19-9-12-28(13-10-19)31(29,30)17(3)4)6-7-23(22)27-25(24)21-8-11-26-18(5)14-21/h6-8,11,14-17,19,27H,9-10,12-13H2,1-5H3. The lowest BCUT2D eigenvalue weighted by Gasteiger charge is -2.32. The van der Waals surface area contributed by atoms with Crippen molar-refractivity contribution in [3.8, 4) is 11.3 Å². The molecule has 5 nitrogen and oxygen atoms in total. The molecule has 0 radical (unpaired) electrons. The quantitative estimate of drug-likeness (QED) is 0.564. The molecule has 4 rings (SSSR count). The van der Waals surface area contributed by atoms with Gasteiger partial charge in [-0.05, 0) is 80.8 Å². The number of aryl methyl sites for hydroxylation is 1. The summed E-state index contributed by atoms with van der Waals surface area (Å²) >= 11 is 0. The fourth-order valence-corrected chi connectivity index (χ4v) is 6.07. The largest absolute Gasteiger partial charge is 0.354 e. The van der Waals surface area contributed by atoms with Crippen molar-refractivity contribution in [2.45, 2.75) is 64.5 Å². The summed E-state index contributed by atoms with van der Waals surface area (Å²) in [5.41, 5.74) is 7.15. The van der Waals surface area contributed by atoms with Gasteiger partial charge in [-0.25, -0.2) is 12.7 Å². The molecule has 6 heteroatoms. The van der Waals surface area contributed by atoms with Crippen molar-refractivity contribution in [1.29, 1.82) is 0 Å². The third kappa shape index (κ3) is 4.15. The Morgan fingerprint density at radius 3 is 2.39 bits per heavy atom. The number of benzene rings is 1. The number of hydrogen-bond acceptors (Lipinski definition) is 3. The van der Waals surface area contributed by atoms with E-state index in [1.165, 1.54) is 27.8 Å². The Balaban J connectivity index is 1.67. The molecule has 0 saturated carbocycles. The summed E-state index contributed by atoms with van der Waals surface area (Å²) in [6.07, 6.45) is 3.61. The number of rotatable bonds is 5. The lowest BCUT2D eigenvalue weighted by molar-refractivity contribution is 0.317. The van der Waals surface area contributed by atoms with Crippen molar-refractivity contribution in [1.82, 2.24) is 14.3 Å². The first-order valence-electron chi connectivity index (χ1n) is 11.3. The van der Waals surface area contributed by atoms with Gasteiger partial charge in [-0.1, -0.05) is 19.9 Å². The van der Waals surface area contributed by atoms with Crippen LogP contribution in [0, 0.1) is 6.92 Å². The summed E-state index contributed by atoms with van der Waals surface area (Å²) in [6.45, 7) is 11.2. The van der Waals surface area contributed by atoms with Crippen LogP contribution < -0.4 is 0 Å². The van der Waals surface area contributed by atoms with Gasteiger partial charge in [0.2, 0.25) is 10.0 Å². The number of pyridine rings is 1. The molecule has 166 valence electrons. The first kappa shape index (κ1) is 22.0. The number of fused-ring (bicyclic) bond motifs is 1. The normalized spacial score (nSPS) is 16.6. The maximum absolute atomic E-state index is 12.5. The number of piperidine rings is 1. The van der Waals surface area contributed by atoms with Gasteiger partial charge < -0.3 is 4.98 Å². The molecule has 0 spiro atoms. The third-order valence-corrected chi connectivity index (χ3v) is 8.78. The van der Waals surface area contributed by atoms with E-state index < -0.39 is 10.0 Å². The predicted molar refractivity (Wildman–Crippen MR) is 128 cm³/mol. The predicted octanol–water partition coefficient (Wildman–Crippen LogP) is 5.58. The van der Waals surface area contributed by atoms with E-state index in [1.807, 2.05) is 13.1 Å². The molecule has 1 N–H and O–H groups in total. The molecule has 1 aromatic carbocycles. The van der Waals surface area contributed by atoms with E-state index in [9.17, 15) is 8.42 Å². The zero-order valence-electron chi connectivity index (χ0n) is 19.1. The van der Waals surface area contributed by atoms with Gasteiger partial charge in [0.15, 0.2) is 0 Å². The number of H-pyrrole nitrogens is 1. The second-order valence-electron chi connectivity index (χ2n) is 9.33. The second kappa shape index (κ2) is 8.40. The molecule has 3 heterocycles. The van der Waals surface area contributed by atoms with E-state index in [2.05, 4.69) is 54.1 Å². The number of hydrogen-bond donors (Lipinski definition) is 1. The van der Waals surface area contributed by atoms with Crippen LogP contribution in [0.2, 0.25) is 0 Å². The van der Waals surface area contributed by atoms with Crippen molar-refractivity contribution in [2.75, 3.05) is 13.1 Å². The molecule has 1 aliphatic rings. The maximum atomic E-state index is 12.5. The van der Waals surface area contributed by atoms with Crippen molar-refractivity contribution >= 4 is 20.9 Å². The van der Waals surface area contributed by atoms with Crippen LogP contribution in [0.15, 0.2) is 36.5 Å². The molecule has 2 aromatic heterocycles. The van der Waals surface area contributed by atoms with Crippen LogP contribution >= 0.6 is 0 Å². The molecule has 0 unspecified atom stereocenters. The molecule has 0 bridgehead atoms. The molecular weight excluding hydrogens is 406 g/mol. The molecule has 3 aromatic rings. The van der Waals surface area contributed by atoms with E-state index in [1.54, 1.807) is 18.2 Å². The zero-order chi connectivity index (χ0) is 22.3. The number of sulfonamides is 1. The first-order chi connectivity index (χ1) is 14.7. The Kier molecular flexibility index (Phi) is 5.97. The molecule has 1 aliphatic heterocycles. The summed E-state index contributed by atoms with van der Waals surface area (Å²) in [4.78, 5) is 7.99. The Hall–Kier alpha value is -2.18. The minimum Gasteiger partial charge on any atom is -0.354 e. The minimum atomic E-state index is -3.17. The average molecular weight is 440 g/mol. The van der Waals surface area contributed by atoms with Gasteiger partial charge in [0.05, 0.1) is 10.9 Å². The summed E-state index contributed by atoms with van der Waals surface area (Å²) in [6, 6.07) is 10.9. The summed E-state index contributed by atoms with van der Waals surface area (Å²) in [5, 5.41) is 0.915. The maximum Gasteiger partial charge on any atom is 0.216 e. The van der Waals surface area contributed by atoms with Crippen molar-refractivity contribution in [3.63, 3.8) is 0 Å². The highest BCUT2D eigenvalue weighted by atomic mass is 32.2. The Morgan fingerprint density at radius 2 is 1.77 bits per heavy atom. The second-order valence-corrected chi connectivity index (χ2v) is 11.8. The van der Waals surface area contributed by atoms with Crippen LogP contribution in [0.25, 0.3) is 22.2 Å². The lowest BCUT2D eigenvalue weighted by Crippen LogP contribution is -2.41. The monoisotopic (exact) mass is 439 g/mol. The Morgan fingerprint density at radius 1 is 1.06 bits per heavy atom. The molecule has 31 heavy (non-hydrogen) atoms. The number of aromatic amines is 1. The van der Waals surface area contributed by atoms with Crippen LogP contribution in [0.5, 0.6) is 0 Å². The van der Waals surface area contributed by atoms with Crippen molar-refractivity contribution in [2.24, 2.45) is 0 Å². The molecule has 0 atom stereocenters. The third-order valence-electron chi connectivity index (χ3n) is 6.51. The summed E-state index contributed by atoms with van der Waals surface area (Å²) in [5.74, 6) is 0.773. The van der Waals surface area contributed by atoms with Gasteiger partial charge in [-0.15, -0.1) is 0 Å². The SMILES string of the molecule is Cc1cc(-c2[nH]c3ccc(C4CCN(S(=O)(=O)C(C)C)CC4)cc3c2C(C)C)ccn1. The van der Waals surface area contributed by atoms with Gasteiger partial charge in [0, 0.05) is 41.4 Å². The smallest absolute Gasteiger partial charge is 0.216 e. The Bertz CT molecular complexity index is 1190. The fourth-order valence-electron chi connectivity index (χ4n) is 4.75. The highest BCUT2D eigenvalue weighted by Crippen LogP contribution is 2.38. The zero-order valence-corrected chi connectivity index (χ0v) is 20.0. The first-order valence-corrected chi connectivity index (χ1v) is 12.8. The van der Waals surface area contributed by atoms with Crippen LogP contribution in [0.3, 0.4) is 0 Å². The lowest BCUT2D eigenvalue weighted by atomic mass is 9.88. The van der Waals surface area contributed by atoms with Crippen LogP contribution in [-0.2, 0) is 10.0 Å². The molecule has 0 aliphatic carbocycles. The summed E-state index contributed by atoms with van der Waals surface area (Å²) < 4.78 is 26.7.